The van der Waals surface area contributed by atoms with Crippen molar-refractivity contribution >= 4 is 32.1 Å². The number of hydrogen-bond donors (Lipinski definition) is 0. The van der Waals surface area contributed by atoms with Gasteiger partial charge in [-0.1, -0.05) is 31.8 Å². The number of benzene rings is 1. The molecule has 1 aromatic carbocycles. The molecule has 0 aromatic heterocycles. The zero-order valence-electron chi connectivity index (χ0n) is 14.8. The Bertz CT molecular complexity index is 660. The number of ether oxygens (including phenoxy) is 1. The van der Waals surface area contributed by atoms with Crippen LogP contribution in [0.5, 0.6) is 0 Å². The van der Waals surface area contributed by atoms with Crippen molar-refractivity contribution in [2.75, 3.05) is 6.61 Å². The van der Waals surface area contributed by atoms with Crippen molar-refractivity contribution in [3.8, 4) is 0 Å². The number of nitrogens with zero attached hydrogens (tertiary/aromatic N) is 1. The van der Waals surface area contributed by atoms with Crippen LogP contribution in [0.25, 0.3) is 0 Å². The summed E-state index contributed by atoms with van der Waals surface area (Å²) in [5, 5.41) is 0. The second-order valence-electron chi connectivity index (χ2n) is 7.26. The summed E-state index contributed by atoms with van der Waals surface area (Å²) in [7, 11) is -1.38. The van der Waals surface area contributed by atoms with Crippen molar-refractivity contribution in [1.82, 2.24) is 4.90 Å². The number of carbonyl (C=O) groups is 4. The number of imide groups is 1. The molecule has 1 aliphatic heterocycles. The lowest BCUT2D eigenvalue weighted by atomic mass is 10.1. The minimum Gasteiger partial charge on any atom is -0.464 e. The molecule has 0 aliphatic carbocycles. The molecule has 2 amide bonds. The first-order chi connectivity index (χ1) is 11.8. The average molecular weight is 361 g/mol. The molecular weight excluding hydrogens is 338 g/mol. The molecule has 0 saturated heterocycles. The van der Waals surface area contributed by atoms with E-state index in [1.807, 2.05) is 0 Å². The SMILES string of the molecule is C[Si](C)(C)CCOC(=O)C(CCC=O)N1C(=O)c2ccccc2C1=O. The quantitative estimate of drug-likeness (QED) is 0.308. The maximum Gasteiger partial charge on any atom is 0.329 e. The largest absolute Gasteiger partial charge is 0.464 e. The van der Waals surface area contributed by atoms with Crippen molar-refractivity contribution in [2.24, 2.45) is 0 Å². The van der Waals surface area contributed by atoms with E-state index in [9.17, 15) is 19.2 Å². The minimum absolute atomic E-state index is 0.0702. The standard InChI is InChI=1S/C18H23NO5Si/c1-25(2,3)12-11-24-18(23)15(9-6-10-20)19-16(21)13-7-4-5-8-14(13)17(19)22/h4-5,7-8,10,15H,6,9,11-12H2,1-3H3. The normalized spacial score (nSPS) is 15.1. The van der Waals surface area contributed by atoms with Crippen LogP contribution in [-0.2, 0) is 14.3 Å². The van der Waals surface area contributed by atoms with Crippen LogP contribution in [0, 0.1) is 0 Å². The molecule has 2 rings (SSSR count). The molecule has 0 radical (unpaired) electrons. The highest BCUT2D eigenvalue weighted by atomic mass is 28.3. The Kier molecular flexibility index (Phi) is 5.89. The molecule has 0 bridgehead atoms. The fourth-order valence-electron chi connectivity index (χ4n) is 2.62. The molecule has 0 saturated carbocycles. The van der Waals surface area contributed by atoms with Gasteiger partial charge in [-0.25, -0.2) is 4.79 Å². The monoisotopic (exact) mass is 361 g/mol. The summed E-state index contributed by atoms with van der Waals surface area (Å²) in [4.78, 5) is 49.3. The van der Waals surface area contributed by atoms with Gasteiger partial charge in [-0.3, -0.25) is 14.5 Å². The van der Waals surface area contributed by atoms with E-state index in [1.54, 1.807) is 24.3 Å². The molecule has 1 atom stereocenters. The molecule has 134 valence electrons. The molecule has 6 nitrogen and oxygen atoms in total. The zero-order valence-corrected chi connectivity index (χ0v) is 15.8. The van der Waals surface area contributed by atoms with Crippen LogP contribution in [0.4, 0.5) is 0 Å². The molecule has 1 aliphatic rings. The number of aldehydes is 1. The molecule has 1 aromatic rings. The van der Waals surface area contributed by atoms with Gasteiger partial charge in [0.1, 0.15) is 12.3 Å². The van der Waals surface area contributed by atoms with Crippen LogP contribution in [0.3, 0.4) is 0 Å². The molecule has 1 heterocycles. The molecule has 0 spiro atoms. The minimum atomic E-state index is -1.38. The lowest BCUT2D eigenvalue weighted by Crippen LogP contribution is -2.46. The average Bonchev–Trinajstić information content (AvgIpc) is 2.79. The fourth-order valence-corrected chi connectivity index (χ4v) is 3.34. The first kappa shape index (κ1) is 19.0. The number of rotatable bonds is 8. The Morgan fingerprint density at radius 2 is 1.72 bits per heavy atom. The van der Waals surface area contributed by atoms with Crippen molar-refractivity contribution in [2.45, 2.75) is 44.6 Å². The van der Waals surface area contributed by atoms with Crippen LogP contribution in [0.1, 0.15) is 33.6 Å². The van der Waals surface area contributed by atoms with Gasteiger partial charge in [0.2, 0.25) is 0 Å². The summed E-state index contributed by atoms with van der Waals surface area (Å²) in [6.07, 6.45) is 0.808. The first-order valence-corrected chi connectivity index (χ1v) is 12.0. The smallest absolute Gasteiger partial charge is 0.329 e. The van der Waals surface area contributed by atoms with E-state index in [-0.39, 0.29) is 30.6 Å². The van der Waals surface area contributed by atoms with E-state index in [0.717, 1.165) is 10.9 Å². The summed E-state index contributed by atoms with van der Waals surface area (Å²) in [6.45, 7) is 6.74. The molecular formula is C18H23NO5Si. The van der Waals surface area contributed by atoms with Crippen molar-refractivity contribution in [3.05, 3.63) is 35.4 Å². The summed E-state index contributed by atoms with van der Waals surface area (Å²) < 4.78 is 5.32. The van der Waals surface area contributed by atoms with E-state index < -0.39 is 31.9 Å². The summed E-state index contributed by atoms with van der Waals surface area (Å²) in [5.74, 6) is -1.66. The number of hydrogen-bond acceptors (Lipinski definition) is 5. The summed E-state index contributed by atoms with van der Waals surface area (Å²) >= 11 is 0. The highest BCUT2D eigenvalue weighted by Crippen LogP contribution is 2.26. The molecule has 0 fully saturated rings. The van der Waals surface area contributed by atoms with Gasteiger partial charge in [-0.15, -0.1) is 0 Å². The number of esters is 1. The lowest BCUT2D eigenvalue weighted by molar-refractivity contribution is -0.148. The molecule has 7 heteroatoms. The lowest BCUT2D eigenvalue weighted by Gasteiger charge is -2.24. The van der Waals surface area contributed by atoms with Crippen molar-refractivity contribution in [3.63, 3.8) is 0 Å². The van der Waals surface area contributed by atoms with E-state index in [4.69, 9.17) is 4.74 Å². The van der Waals surface area contributed by atoms with Gasteiger partial charge in [0.05, 0.1) is 17.7 Å². The van der Waals surface area contributed by atoms with Gasteiger partial charge in [0.25, 0.3) is 11.8 Å². The summed E-state index contributed by atoms with van der Waals surface area (Å²) in [6, 6.07) is 6.17. The predicted octanol–water partition coefficient (Wildman–Crippen LogP) is 2.51. The van der Waals surface area contributed by atoms with Crippen LogP contribution in [0.15, 0.2) is 24.3 Å². The topological polar surface area (TPSA) is 80.8 Å². The summed E-state index contributed by atoms with van der Waals surface area (Å²) in [5.41, 5.74) is 0.553. The fraction of sp³-hybridized carbons (Fsp3) is 0.444. The number of carbonyl (C=O) groups excluding carboxylic acids is 4. The third-order valence-electron chi connectivity index (χ3n) is 4.06. The second-order valence-corrected chi connectivity index (χ2v) is 12.9. The second kappa shape index (κ2) is 7.73. The Labute approximate surface area is 148 Å². The Morgan fingerprint density at radius 3 is 2.20 bits per heavy atom. The van der Waals surface area contributed by atoms with E-state index in [0.29, 0.717) is 6.29 Å². The highest BCUT2D eigenvalue weighted by molar-refractivity contribution is 6.76. The molecule has 1 unspecified atom stereocenters. The molecule has 0 N–H and O–H groups in total. The third kappa shape index (κ3) is 4.42. The number of amides is 2. The Morgan fingerprint density at radius 1 is 1.16 bits per heavy atom. The van der Waals surface area contributed by atoms with Crippen LogP contribution < -0.4 is 0 Å². The maximum atomic E-state index is 12.6. The predicted molar refractivity (Wildman–Crippen MR) is 95.1 cm³/mol. The van der Waals surface area contributed by atoms with Crippen molar-refractivity contribution < 1.29 is 23.9 Å². The van der Waals surface area contributed by atoms with Crippen LogP contribution in [0.2, 0.25) is 25.7 Å². The van der Waals surface area contributed by atoms with Gasteiger partial charge in [-0.05, 0) is 24.6 Å². The first-order valence-electron chi connectivity index (χ1n) is 8.33. The van der Waals surface area contributed by atoms with E-state index >= 15 is 0 Å². The van der Waals surface area contributed by atoms with Crippen LogP contribution in [-0.4, -0.2) is 49.7 Å². The third-order valence-corrected chi connectivity index (χ3v) is 5.77. The Hall–Kier alpha value is -2.28. The van der Waals surface area contributed by atoms with Gasteiger partial charge >= 0.3 is 5.97 Å². The maximum absolute atomic E-state index is 12.6. The van der Waals surface area contributed by atoms with Crippen molar-refractivity contribution in [1.29, 1.82) is 0 Å². The zero-order chi connectivity index (χ0) is 18.6. The Balaban J connectivity index is 2.17. The van der Waals surface area contributed by atoms with Gasteiger partial charge < -0.3 is 9.53 Å². The molecule has 25 heavy (non-hydrogen) atoms. The van der Waals surface area contributed by atoms with Crippen LogP contribution >= 0.6 is 0 Å². The van der Waals surface area contributed by atoms with E-state index in [2.05, 4.69) is 19.6 Å². The number of fused-ring (bicyclic) bond motifs is 1. The van der Waals surface area contributed by atoms with E-state index in [1.165, 1.54) is 0 Å². The van der Waals surface area contributed by atoms with Gasteiger partial charge in [0.15, 0.2) is 0 Å². The highest BCUT2D eigenvalue weighted by Gasteiger charge is 2.43. The van der Waals surface area contributed by atoms with Gasteiger partial charge in [0, 0.05) is 14.5 Å². The van der Waals surface area contributed by atoms with Gasteiger partial charge in [-0.2, -0.15) is 0 Å².